The molecule has 706 valence electrons. The van der Waals surface area contributed by atoms with E-state index >= 15 is 28.8 Å². The lowest BCUT2D eigenvalue weighted by Crippen LogP contribution is -2.64. The minimum atomic E-state index is -3.72. The van der Waals surface area contributed by atoms with Crippen molar-refractivity contribution in [2.45, 2.75) is 201 Å². The van der Waals surface area contributed by atoms with Crippen molar-refractivity contribution in [1.29, 1.82) is 0 Å². The fraction of sp³-hybridized carbons (Fsp3) is 0.489. The van der Waals surface area contributed by atoms with E-state index in [1.54, 1.807) is 13.8 Å². The molecule has 23 N–H and O–H groups in total. The van der Waals surface area contributed by atoms with Crippen molar-refractivity contribution in [3.05, 3.63) is 140 Å². The molecular weight excluding hydrogens is 1770 g/mol. The summed E-state index contributed by atoms with van der Waals surface area (Å²) in [6, 6.07) is 2.77. The molecule has 17 rings (SSSR count). The number of urea groups is 1. The molecule has 0 spiro atoms. The van der Waals surface area contributed by atoms with Crippen molar-refractivity contribution in [2.24, 2.45) is 35.3 Å². The molecule has 131 heavy (non-hydrogen) atoms. The number of methoxy groups -OCH3 is 1. The number of likely N-dealkylation sites (N-methyl/N-ethyl adjacent to an activating group) is 1. The van der Waals surface area contributed by atoms with Crippen LogP contribution < -0.4 is 87.9 Å². The average molecular weight is 1880 g/mol. The summed E-state index contributed by atoms with van der Waals surface area (Å²) in [5.74, 6) is -14.3. The maximum absolute atomic E-state index is 16.8. The molecular formula is C88H107Cl2N13O27S. The number of sulfonamides is 1. The van der Waals surface area contributed by atoms with Crippen LogP contribution in [0.5, 0.6) is 51.7 Å². The van der Waals surface area contributed by atoms with Gasteiger partial charge >= 0.3 is 6.03 Å². The molecule has 43 heteroatoms. The largest absolute Gasteiger partial charge is 0.507 e. The molecule has 6 aromatic carbocycles. The fourth-order valence-electron chi connectivity index (χ4n) is 18.7. The highest BCUT2D eigenvalue weighted by atomic mass is 35.5. The van der Waals surface area contributed by atoms with Crippen molar-refractivity contribution in [2.75, 3.05) is 45.4 Å². The number of benzene rings is 6. The third kappa shape index (κ3) is 21.4. The fourth-order valence-corrected chi connectivity index (χ4v) is 19.6. The van der Waals surface area contributed by atoms with Crippen molar-refractivity contribution >= 4 is 92.2 Å². The maximum Gasteiger partial charge on any atom is 0.325 e. The number of phenols is 3. The van der Waals surface area contributed by atoms with Gasteiger partial charge in [0.1, 0.15) is 101 Å². The first-order valence-electron chi connectivity index (χ1n) is 42.8. The number of nitrogens with two attached hydrogens (primary N) is 1. The van der Waals surface area contributed by atoms with Crippen LogP contribution in [0.1, 0.15) is 143 Å². The van der Waals surface area contributed by atoms with Gasteiger partial charge in [-0.2, -0.15) is 0 Å². The van der Waals surface area contributed by atoms with Gasteiger partial charge < -0.3 is 138 Å². The van der Waals surface area contributed by atoms with E-state index in [9.17, 15) is 68.8 Å². The molecule has 40 nitrogen and oxygen atoms in total. The lowest BCUT2D eigenvalue weighted by Gasteiger charge is -2.54. The van der Waals surface area contributed by atoms with Gasteiger partial charge in [0.15, 0.2) is 23.9 Å². The summed E-state index contributed by atoms with van der Waals surface area (Å²) in [5, 5.41) is 137. The number of halogens is 2. The molecule has 4 aliphatic carbocycles. The Hall–Kier alpha value is -10.8. The predicted molar refractivity (Wildman–Crippen MR) is 466 cm³/mol. The summed E-state index contributed by atoms with van der Waals surface area (Å²) in [6.45, 7) is 4.85. The van der Waals surface area contributed by atoms with E-state index in [0.717, 1.165) is 93.0 Å². The summed E-state index contributed by atoms with van der Waals surface area (Å²) in [5.41, 5.74) is 2.27. The minimum Gasteiger partial charge on any atom is -0.507 e. The van der Waals surface area contributed by atoms with Crippen LogP contribution in [-0.4, -0.2) is 233 Å². The first-order chi connectivity index (χ1) is 62.1. The molecule has 11 aliphatic rings. The van der Waals surface area contributed by atoms with Crippen LogP contribution in [-0.2, 0) is 69.1 Å². The van der Waals surface area contributed by atoms with Crippen LogP contribution in [0.2, 0.25) is 10.0 Å². The third-order valence-corrected chi connectivity index (χ3v) is 26.5. The van der Waals surface area contributed by atoms with Gasteiger partial charge in [-0.15, -0.1) is 0 Å². The number of imide groups is 1. The standard InChI is InChI=1S/C88H107Cl2N13O27S/c1-36(2)20-53(92-5)79(114)102-69-71(108)41-9-16-57(51(89)27-41)126-59-29-45-30-60(76(59)130-86-77(75(112)74(111)61(35-104)128-86)129-63-33-88(4,91)78(113)37(3)125-63)127-58-17-10-42(28-52(58)90)72(109)70-85(120)101-68(83(118)98-65-43-22-38-21-39(24-43)25-44(65)23-38)49-31-56(106)50(34-93-18-19-94-131(7,122)123)73(110)64(49)48-26-40(8-15-55(48)105)66(81(116)103-70)100-82(117)67(45)99-80(115)54(96-84(69)119)32-62(107)97-87(121)95-46-11-13-47(124-6)14-12-46/h8-17,26-31,36-39,43-44,53-54,61,63,65-72,74-75,77-78,86,92-94,104-106,108-113H,18-25,32-35,91H2,1-7H3,(H,96,119)(H,98,118)(H,99,115)(H,100,117)(H,101,120)(H,102,114)(H,103,116)(H2,95,97,107,121)/t37-,38?,39?,43?,44?,53+,54-,61+,63-,65?,66+,67+,68-,69+,70-,71+,72+,74+,75-,77+,78+,86-,88-/m0/s1. The minimum absolute atomic E-state index is 0.00630. The Bertz CT molecular complexity index is 5460. The number of carbonyl (C=O) groups excluding carboxylic acids is 9. The average Bonchev–Trinajstić information content (AvgIpc) is 0.747. The topological polar surface area (TPSA) is 605 Å². The summed E-state index contributed by atoms with van der Waals surface area (Å²) in [7, 11) is -0.862. The molecule has 6 fully saturated rings. The van der Waals surface area contributed by atoms with Crippen LogP contribution in [0.15, 0.2) is 97.1 Å². The number of aliphatic hydroxyl groups is 6. The third-order valence-electron chi connectivity index (χ3n) is 25.2. The van der Waals surface area contributed by atoms with Crippen molar-refractivity contribution in [1.82, 2.24) is 57.9 Å². The number of rotatable bonds is 22. The lowest BCUT2D eigenvalue weighted by molar-refractivity contribution is -0.333. The maximum atomic E-state index is 16.8. The van der Waals surface area contributed by atoms with E-state index in [2.05, 4.69) is 63.2 Å². The van der Waals surface area contributed by atoms with Gasteiger partial charge in [0.2, 0.25) is 69.3 Å². The number of hydrogen-bond acceptors (Lipinski definition) is 30. The lowest BCUT2D eigenvalue weighted by atomic mass is 9.54. The number of hydrogen-bond donors (Lipinski definition) is 22. The molecule has 10 amide bonds. The molecule has 2 saturated heterocycles. The van der Waals surface area contributed by atoms with Crippen LogP contribution in [0, 0.1) is 29.6 Å². The van der Waals surface area contributed by atoms with Crippen LogP contribution >= 0.6 is 23.2 Å². The molecule has 18 atom stereocenters. The second-order valence-corrected chi connectivity index (χ2v) is 37.9. The van der Waals surface area contributed by atoms with Crippen molar-refractivity contribution < 1.29 is 131 Å². The van der Waals surface area contributed by atoms with E-state index in [1.165, 1.54) is 70.5 Å². The van der Waals surface area contributed by atoms with Gasteiger partial charge in [0.05, 0.1) is 60.3 Å². The predicted octanol–water partition coefficient (Wildman–Crippen LogP) is 2.47. The van der Waals surface area contributed by atoms with Crippen LogP contribution in [0.3, 0.4) is 0 Å². The number of carbonyl (C=O) groups is 9. The highest BCUT2D eigenvalue weighted by Crippen LogP contribution is 2.55. The molecule has 4 saturated carbocycles. The van der Waals surface area contributed by atoms with Gasteiger partial charge in [-0.3, -0.25) is 43.7 Å². The molecule has 15 bridgehead atoms. The summed E-state index contributed by atoms with van der Waals surface area (Å²) in [4.78, 5) is 140. The number of fused-ring (bicyclic) bond motifs is 15. The molecule has 7 aliphatic heterocycles. The smallest absolute Gasteiger partial charge is 0.325 e. The molecule has 0 aromatic heterocycles. The summed E-state index contributed by atoms with van der Waals surface area (Å²) < 4.78 is 71.0. The van der Waals surface area contributed by atoms with Crippen LogP contribution in [0.25, 0.3) is 11.1 Å². The Balaban J connectivity index is 0.978. The van der Waals surface area contributed by atoms with E-state index < -0.39 is 265 Å². The number of aliphatic hydroxyl groups excluding tert-OH is 6. The summed E-state index contributed by atoms with van der Waals surface area (Å²) in [6.07, 6.45) is -14.2. The van der Waals surface area contributed by atoms with E-state index in [-0.39, 0.29) is 82.9 Å². The van der Waals surface area contributed by atoms with E-state index in [4.69, 9.17) is 62.1 Å². The quantitative estimate of drug-likeness (QED) is 0.0434. The zero-order valence-electron chi connectivity index (χ0n) is 72.1. The Morgan fingerprint density at radius 1 is 0.687 bits per heavy atom. The van der Waals surface area contributed by atoms with Gasteiger partial charge in [-0.1, -0.05) is 55.2 Å². The first-order valence-corrected chi connectivity index (χ1v) is 45.5. The molecule has 6 aromatic rings. The van der Waals surface area contributed by atoms with Gasteiger partial charge in [-0.05, 0) is 196 Å². The zero-order valence-corrected chi connectivity index (χ0v) is 74.4. The van der Waals surface area contributed by atoms with Gasteiger partial charge in [-0.25, -0.2) is 17.9 Å². The zero-order chi connectivity index (χ0) is 94.3. The monoisotopic (exact) mass is 1880 g/mol. The normalized spacial score (nSPS) is 29.6. The molecule has 7 heterocycles. The van der Waals surface area contributed by atoms with Crippen molar-refractivity contribution in [3.63, 3.8) is 0 Å². The number of ether oxygens (including phenoxy) is 7. The number of anilines is 1. The van der Waals surface area contributed by atoms with E-state index in [0.29, 0.717) is 17.6 Å². The SMILES string of the molecule is CN[C@H](CC(C)C)C(=O)N[C@H]1C(=O)N[C@@H](CC(=O)NC(=O)Nc2ccc(OC)cc2)C(=O)N[C@H]2C(=O)N[C@H]3C(=O)N[C@H](C(=O)N[C@H](C(=O)NC4C5CC6CC(C5)CC4C6)c4cc(O)c(CNCCNS(C)(=O)=O)c(O)c4-c4cc3ccc4O)[C@H](O)c3ccc(c(Cl)c3)Oc3cc2cc(c3O[C@@H]2O[C@H](CO)[C@@H](O)[C@H](O)[C@H]2O[C@H]2C[C@](C)(N)[C@H](O)[C@H](C)O2)Oc2ccc(cc2Cl)[C@H]1O. The Morgan fingerprint density at radius 3 is 1.91 bits per heavy atom. The Morgan fingerprint density at radius 2 is 1.31 bits per heavy atom. The second kappa shape index (κ2) is 39.9. The Kier molecular flexibility index (Phi) is 29.3. The number of phenolic OH excluding ortho intramolecular Hbond substituents is 3. The first kappa shape index (κ1) is 96.2. The second-order valence-electron chi connectivity index (χ2n) is 35.2. The number of nitrogens with one attached hydrogen (secondary N) is 12. The highest BCUT2D eigenvalue weighted by molar-refractivity contribution is 7.88. The molecule has 0 unspecified atom stereocenters. The van der Waals surface area contributed by atoms with Gasteiger partial charge in [0.25, 0.3) is 0 Å². The number of amides is 10. The van der Waals surface area contributed by atoms with Crippen LogP contribution in [0.4, 0.5) is 10.5 Å². The molecule has 0 radical (unpaired) electrons. The van der Waals surface area contributed by atoms with Crippen molar-refractivity contribution in [3.8, 4) is 62.9 Å². The van der Waals surface area contributed by atoms with Gasteiger partial charge in [0, 0.05) is 54.5 Å². The Labute approximate surface area is 761 Å². The highest BCUT2D eigenvalue weighted by Gasteiger charge is 2.54. The van der Waals surface area contributed by atoms with E-state index in [1.807, 2.05) is 0 Å². The summed E-state index contributed by atoms with van der Waals surface area (Å²) >= 11 is 14.5. The number of aromatic hydroxyl groups is 3.